The lowest BCUT2D eigenvalue weighted by Gasteiger charge is -2.32. The van der Waals surface area contributed by atoms with E-state index >= 15 is 0 Å². The van der Waals surface area contributed by atoms with Gasteiger partial charge in [0, 0.05) is 25.7 Å². The first-order valence-corrected chi connectivity index (χ1v) is 12.6. The molecule has 8 heteroatoms. The van der Waals surface area contributed by atoms with Crippen LogP contribution in [0.15, 0.2) is 29.2 Å². The molecule has 1 aliphatic carbocycles. The lowest BCUT2D eigenvalue weighted by Crippen LogP contribution is -2.47. The van der Waals surface area contributed by atoms with Crippen LogP contribution in [-0.4, -0.2) is 44.4 Å². The van der Waals surface area contributed by atoms with Crippen molar-refractivity contribution in [3.63, 3.8) is 0 Å². The van der Waals surface area contributed by atoms with Gasteiger partial charge in [-0.3, -0.25) is 0 Å². The molecule has 1 aliphatic heterocycles. The summed E-state index contributed by atoms with van der Waals surface area (Å²) in [5.41, 5.74) is 0. The fourth-order valence-corrected chi connectivity index (χ4v) is 6.33. The molecule has 2 N–H and O–H groups in total. The lowest BCUT2D eigenvalue weighted by atomic mass is 9.97. The van der Waals surface area contributed by atoms with Crippen LogP contribution in [0.1, 0.15) is 72.6 Å². The number of nitrogens with one attached hydrogen (secondary N) is 2. The number of piperidine rings is 1. The summed E-state index contributed by atoms with van der Waals surface area (Å²) in [6, 6.07) is 6.65. The summed E-state index contributed by atoms with van der Waals surface area (Å²) in [6.07, 6.45) is 9.90. The average molecular weight is 474 g/mol. The summed E-state index contributed by atoms with van der Waals surface area (Å²) in [6.45, 7) is 1.36. The van der Waals surface area contributed by atoms with E-state index < -0.39 is 10.0 Å². The molecule has 0 radical (unpaired) electrons. The van der Waals surface area contributed by atoms with Crippen LogP contribution in [0.5, 0.6) is 0 Å². The number of hydrogen-bond donors (Lipinski definition) is 2. The number of halogens is 1. The lowest BCUT2D eigenvalue weighted by molar-refractivity contribution is 0.224. The molecule has 6 nitrogen and oxygen atoms in total. The zero-order chi connectivity index (χ0) is 20.7. The average Bonchev–Trinajstić information content (AvgIpc) is 2.69. The molecule has 1 aromatic rings. The maximum absolute atomic E-state index is 13.0. The van der Waals surface area contributed by atoms with Gasteiger partial charge in [-0.25, -0.2) is 13.2 Å². The standard InChI is InChI=1S/C21H32ClN3O3S.2CH4/c22-19-12-6-7-13-20(19)29(27,28)25-14-8-9-17(16-25)15-23-21(26)24-18-10-4-2-1-3-5-11-18;;/h6-7,12-13,17-18H,1-5,8-11,14-16H2,(H2,23,24,26);2*1H4. The number of nitrogens with zero attached hydrogens (tertiary/aromatic N) is 1. The van der Waals surface area contributed by atoms with Crippen LogP contribution in [0, 0.1) is 5.92 Å². The van der Waals surface area contributed by atoms with Crippen LogP contribution < -0.4 is 10.6 Å². The summed E-state index contributed by atoms with van der Waals surface area (Å²) in [4.78, 5) is 12.5. The second-order valence-corrected chi connectivity index (χ2v) is 10.5. The molecule has 2 amide bonds. The van der Waals surface area contributed by atoms with Crippen LogP contribution in [-0.2, 0) is 10.0 Å². The minimum absolute atomic E-state index is 0. The Morgan fingerprint density at radius 3 is 2.32 bits per heavy atom. The van der Waals surface area contributed by atoms with Gasteiger partial charge in [-0.2, -0.15) is 4.31 Å². The molecule has 3 rings (SSSR count). The van der Waals surface area contributed by atoms with Gasteiger partial charge in [0.25, 0.3) is 0 Å². The van der Waals surface area contributed by atoms with Gasteiger partial charge in [-0.1, -0.05) is 70.7 Å². The molecule has 31 heavy (non-hydrogen) atoms. The first-order valence-electron chi connectivity index (χ1n) is 10.8. The highest BCUT2D eigenvalue weighted by atomic mass is 35.5. The van der Waals surface area contributed by atoms with Gasteiger partial charge in [0.05, 0.1) is 5.02 Å². The van der Waals surface area contributed by atoms with E-state index in [-0.39, 0.29) is 42.8 Å². The third-order valence-electron chi connectivity index (χ3n) is 5.93. The topological polar surface area (TPSA) is 78.5 Å². The number of carbonyl (C=O) groups is 1. The number of urea groups is 1. The van der Waals surface area contributed by atoms with Crippen LogP contribution in [0.2, 0.25) is 5.02 Å². The molecule has 1 atom stereocenters. The molecule has 1 unspecified atom stereocenters. The van der Waals surface area contributed by atoms with Crippen LogP contribution in [0.4, 0.5) is 4.79 Å². The molecule has 1 aromatic carbocycles. The predicted octanol–water partition coefficient (Wildman–Crippen LogP) is 5.43. The Kier molecular flexibility index (Phi) is 11.9. The Labute approximate surface area is 194 Å². The van der Waals surface area contributed by atoms with Crippen LogP contribution in [0.3, 0.4) is 0 Å². The van der Waals surface area contributed by atoms with E-state index in [9.17, 15) is 13.2 Å². The van der Waals surface area contributed by atoms with Gasteiger partial charge < -0.3 is 10.6 Å². The minimum Gasteiger partial charge on any atom is -0.338 e. The van der Waals surface area contributed by atoms with Crippen molar-refractivity contribution in [3.05, 3.63) is 29.3 Å². The summed E-state index contributed by atoms with van der Waals surface area (Å²) in [7, 11) is -3.62. The fraction of sp³-hybridized carbons (Fsp3) is 0.696. The van der Waals surface area contributed by atoms with E-state index in [0.29, 0.717) is 19.6 Å². The molecule has 2 aliphatic rings. The van der Waals surface area contributed by atoms with Gasteiger partial charge in [0.2, 0.25) is 10.0 Å². The van der Waals surface area contributed by atoms with Gasteiger partial charge in [0.15, 0.2) is 0 Å². The number of carbonyl (C=O) groups excluding carboxylic acids is 1. The second kappa shape index (κ2) is 13.3. The van der Waals surface area contributed by atoms with Crippen molar-refractivity contribution < 1.29 is 13.2 Å². The van der Waals surface area contributed by atoms with Crippen molar-refractivity contribution in [1.82, 2.24) is 14.9 Å². The number of sulfonamides is 1. The van der Waals surface area contributed by atoms with Gasteiger partial charge in [-0.05, 0) is 43.7 Å². The Bertz CT molecular complexity index is 780. The van der Waals surface area contributed by atoms with Gasteiger partial charge in [-0.15, -0.1) is 0 Å². The Morgan fingerprint density at radius 2 is 1.65 bits per heavy atom. The first-order chi connectivity index (χ1) is 14.0. The molecule has 0 aromatic heterocycles. The SMILES string of the molecule is C.C.O=C(NCC1CCCN(S(=O)(=O)c2ccccc2Cl)C1)NC1CCCCCCC1. The Morgan fingerprint density at radius 1 is 1.00 bits per heavy atom. The fourth-order valence-electron chi connectivity index (χ4n) is 4.28. The smallest absolute Gasteiger partial charge is 0.315 e. The zero-order valence-electron chi connectivity index (χ0n) is 16.9. The normalized spacial score (nSPS) is 21.0. The maximum Gasteiger partial charge on any atom is 0.315 e. The van der Waals surface area contributed by atoms with Crippen LogP contribution in [0.25, 0.3) is 0 Å². The van der Waals surface area contributed by atoms with Crippen molar-refractivity contribution in [3.8, 4) is 0 Å². The van der Waals surface area contributed by atoms with E-state index in [4.69, 9.17) is 11.6 Å². The molecule has 1 saturated heterocycles. The van der Waals surface area contributed by atoms with Crippen molar-refractivity contribution in [2.24, 2.45) is 5.92 Å². The summed E-state index contributed by atoms with van der Waals surface area (Å²) in [5.74, 6) is 0.101. The maximum atomic E-state index is 13.0. The summed E-state index contributed by atoms with van der Waals surface area (Å²) < 4.78 is 27.4. The largest absolute Gasteiger partial charge is 0.338 e. The molecular weight excluding hydrogens is 434 g/mol. The number of benzene rings is 1. The highest BCUT2D eigenvalue weighted by molar-refractivity contribution is 7.89. The van der Waals surface area contributed by atoms with Crippen molar-refractivity contribution >= 4 is 27.7 Å². The first kappa shape index (κ1) is 27.7. The molecule has 178 valence electrons. The molecule has 0 spiro atoms. The van der Waals surface area contributed by atoms with E-state index in [1.54, 1.807) is 24.3 Å². The third kappa shape index (κ3) is 7.95. The monoisotopic (exact) mass is 473 g/mol. The third-order valence-corrected chi connectivity index (χ3v) is 8.29. The highest BCUT2D eigenvalue weighted by Gasteiger charge is 2.31. The molecule has 0 bridgehead atoms. The van der Waals surface area contributed by atoms with Gasteiger partial charge >= 0.3 is 6.03 Å². The summed E-state index contributed by atoms with van der Waals surface area (Å²) >= 11 is 6.11. The second-order valence-electron chi connectivity index (χ2n) is 8.20. The Hall–Kier alpha value is -1.31. The van der Waals surface area contributed by atoms with E-state index in [0.717, 1.165) is 25.7 Å². The highest BCUT2D eigenvalue weighted by Crippen LogP contribution is 2.28. The number of amides is 2. The van der Waals surface area contributed by atoms with E-state index in [2.05, 4.69) is 10.6 Å². The predicted molar refractivity (Wildman–Crippen MR) is 129 cm³/mol. The van der Waals surface area contributed by atoms with Crippen molar-refractivity contribution in [2.75, 3.05) is 19.6 Å². The summed E-state index contributed by atoms with van der Waals surface area (Å²) in [5, 5.41) is 6.30. The number of hydrogen-bond acceptors (Lipinski definition) is 3. The molecular formula is C23H40ClN3O3S. The molecule has 1 heterocycles. The number of rotatable bonds is 5. The minimum atomic E-state index is -3.62. The quantitative estimate of drug-likeness (QED) is 0.598. The van der Waals surface area contributed by atoms with Crippen molar-refractivity contribution in [2.45, 2.75) is 83.6 Å². The van der Waals surface area contributed by atoms with Crippen LogP contribution >= 0.6 is 11.6 Å². The molecule has 1 saturated carbocycles. The zero-order valence-corrected chi connectivity index (χ0v) is 18.5. The van der Waals surface area contributed by atoms with Crippen molar-refractivity contribution in [1.29, 1.82) is 0 Å². The van der Waals surface area contributed by atoms with E-state index in [1.165, 1.54) is 36.4 Å². The van der Waals surface area contributed by atoms with Gasteiger partial charge in [0.1, 0.15) is 4.90 Å². The van der Waals surface area contributed by atoms with E-state index in [1.807, 2.05) is 0 Å². The molecule has 2 fully saturated rings. The Balaban J connectivity index is 0.00000240.